The van der Waals surface area contributed by atoms with Crippen molar-refractivity contribution in [2.24, 2.45) is 5.92 Å². The average Bonchev–Trinajstić information content (AvgIpc) is 2.39. The zero-order valence-corrected chi connectivity index (χ0v) is 11.6. The van der Waals surface area contributed by atoms with Gasteiger partial charge in [-0.25, -0.2) is 0 Å². The molecule has 1 saturated carbocycles. The molecule has 1 saturated heterocycles. The molecule has 0 aromatic heterocycles. The Balaban J connectivity index is 1.57. The van der Waals surface area contributed by atoms with Crippen molar-refractivity contribution in [3.05, 3.63) is 0 Å². The lowest BCUT2D eigenvalue weighted by molar-refractivity contribution is 0.220. The Morgan fingerprint density at radius 1 is 1.00 bits per heavy atom. The van der Waals surface area contributed by atoms with Crippen molar-refractivity contribution in [1.29, 1.82) is 0 Å². The van der Waals surface area contributed by atoms with Gasteiger partial charge in [0.05, 0.1) is 0 Å². The van der Waals surface area contributed by atoms with E-state index in [9.17, 15) is 0 Å². The molecular weight excluding hydrogens is 208 g/mol. The van der Waals surface area contributed by atoms with Gasteiger partial charge in [-0.05, 0) is 58.2 Å². The van der Waals surface area contributed by atoms with Gasteiger partial charge in [0, 0.05) is 12.6 Å². The first-order valence-electron chi connectivity index (χ1n) is 7.76. The number of piperidine rings is 1. The third kappa shape index (κ3) is 4.97. The van der Waals surface area contributed by atoms with Crippen LogP contribution in [0.3, 0.4) is 0 Å². The van der Waals surface area contributed by atoms with Gasteiger partial charge in [0.2, 0.25) is 0 Å². The van der Waals surface area contributed by atoms with E-state index in [1.165, 1.54) is 77.4 Å². The highest BCUT2D eigenvalue weighted by atomic mass is 15.1. The average molecular weight is 238 g/mol. The third-order valence-electron chi connectivity index (χ3n) is 4.57. The van der Waals surface area contributed by atoms with Gasteiger partial charge in [0.25, 0.3) is 0 Å². The van der Waals surface area contributed by atoms with E-state index in [-0.39, 0.29) is 0 Å². The molecule has 0 aromatic carbocycles. The largest absolute Gasteiger partial charge is 0.314 e. The predicted octanol–water partition coefficient (Wildman–Crippen LogP) is 3.03. The molecule has 2 aliphatic rings. The molecule has 17 heavy (non-hydrogen) atoms. The molecular formula is C15H30N2. The Morgan fingerprint density at radius 3 is 2.47 bits per heavy atom. The van der Waals surface area contributed by atoms with Gasteiger partial charge >= 0.3 is 0 Å². The first kappa shape index (κ1) is 13.4. The summed E-state index contributed by atoms with van der Waals surface area (Å²) in [4.78, 5) is 2.58. The van der Waals surface area contributed by atoms with E-state index in [4.69, 9.17) is 0 Å². The van der Waals surface area contributed by atoms with E-state index in [2.05, 4.69) is 17.3 Å². The van der Waals surface area contributed by atoms with Gasteiger partial charge in [-0.2, -0.15) is 0 Å². The minimum Gasteiger partial charge on any atom is -0.314 e. The number of nitrogens with zero attached hydrogens (tertiary/aromatic N) is 1. The van der Waals surface area contributed by atoms with E-state index < -0.39 is 0 Å². The van der Waals surface area contributed by atoms with E-state index in [1.807, 2.05) is 0 Å². The number of nitrogens with one attached hydrogen (secondary N) is 1. The van der Waals surface area contributed by atoms with E-state index >= 15 is 0 Å². The number of rotatable bonds is 5. The Morgan fingerprint density at radius 2 is 1.76 bits per heavy atom. The lowest BCUT2D eigenvalue weighted by Crippen LogP contribution is -2.37. The standard InChI is InChI=1S/C15H30N2/c1-17(13-14-7-3-2-4-8-14)12-10-15-9-5-6-11-16-15/h14-16H,2-13H2,1H3. The normalized spacial score (nSPS) is 27.5. The lowest BCUT2D eigenvalue weighted by Gasteiger charge is -2.29. The molecule has 2 fully saturated rings. The zero-order valence-electron chi connectivity index (χ0n) is 11.6. The van der Waals surface area contributed by atoms with Crippen molar-refractivity contribution in [2.75, 3.05) is 26.7 Å². The van der Waals surface area contributed by atoms with E-state index in [0.29, 0.717) is 0 Å². The first-order valence-corrected chi connectivity index (χ1v) is 7.76. The predicted molar refractivity (Wildman–Crippen MR) is 74.3 cm³/mol. The maximum Gasteiger partial charge on any atom is 0.00792 e. The van der Waals surface area contributed by atoms with Crippen molar-refractivity contribution in [1.82, 2.24) is 10.2 Å². The monoisotopic (exact) mass is 238 g/mol. The van der Waals surface area contributed by atoms with Crippen molar-refractivity contribution >= 4 is 0 Å². The lowest BCUT2D eigenvalue weighted by atomic mass is 9.89. The Kier molecular flexibility index (Phi) is 5.79. The van der Waals surface area contributed by atoms with Crippen LogP contribution in [-0.2, 0) is 0 Å². The molecule has 100 valence electrons. The molecule has 1 aliphatic carbocycles. The molecule has 2 nitrogen and oxygen atoms in total. The molecule has 1 N–H and O–H groups in total. The van der Waals surface area contributed by atoms with Crippen LogP contribution in [0.5, 0.6) is 0 Å². The quantitative estimate of drug-likeness (QED) is 0.792. The van der Waals surface area contributed by atoms with Crippen LogP contribution in [0.15, 0.2) is 0 Å². The van der Waals surface area contributed by atoms with Gasteiger partial charge < -0.3 is 10.2 Å². The van der Waals surface area contributed by atoms with Crippen molar-refractivity contribution in [3.8, 4) is 0 Å². The molecule has 1 heterocycles. The van der Waals surface area contributed by atoms with Crippen LogP contribution < -0.4 is 5.32 Å². The van der Waals surface area contributed by atoms with E-state index in [1.54, 1.807) is 0 Å². The Labute approximate surface area is 107 Å². The topological polar surface area (TPSA) is 15.3 Å². The fourth-order valence-corrected chi connectivity index (χ4v) is 3.45. The SMILES string of the molecule is CN(CCC1CCCCN1)CC1CCCCC1. The third-order valence-corrected chi connectivity index (χ3v) is 4.57. The zero-order chi connectivity index (χ0) is 11.9. The van der Waals surface area contributed by atoms with Crippen molar-refractivity contribution < 1.29 is 0 Å². The summed E-state index contributed by atoms with van der Waals surface area (Å²) in [7, 11) is 2.32. The van der Waals surface area contributed by atoms with Gasteiger partial charge in [0.1, 0.15) is 0 Å². The highest BCUT2D eigenvalue weighted by Crippen LogP contribution is 2.24. The van der Waals surface area contributed by atoms with E-state index in [0.717, 1.165) is 12.0 Å². The highest BCUT2D eigenvalue weighted by Gasteiger charge is 2.17. The maximum atomic E-state index is 3.65. The van der Waals surface area contributed by atoms with Crippen LogP contribution in [0.4, 0.5) is 0 Å². The van der Waals surface area contributed by atoms with Crippen LogP contribution in [0, 0.1) is 5.92 Å². The van der Waals surface area contributed by atoms with Gasteiger partial charge in [-0.1, -0.05) is 25.7 Å². The second kappa shape index (κ2) is 7.38. The van der Waals surface area contributed by atoms with Crippen LogP contribution in [0.1, 0.15) is 57.8 Å². The minimum atomic E-state index is 0.803. The molecule has 0 bridgehead atoms. The highest BCUT2D eigenvalue weighted by molar-refractivity contribution is 4.74. The molecule has 2 rings (SSSR count). The Bertz CT molecular complexity index is 193. The second-order valence-electron chi connectivity index (χ2n) is 6.20. The molecule has 1 aliphatic heterocycles. The molecule has 1 atom stereocenters. The van der Waals surface area contributed by atoms with Crippen LogP contribution in [0.25, 0.3) is 0 Å². The van der Waals surface area contributed by atoms with Gasteiger partial charge in [-0.15, -0.1) is 0 Å². The first-order chi connectivity index (χ1) is 8.34. The summed E-state index contributed by atoms with van der Waals surface area (Å²) >= 11 is 0. The molecule has 0 amide bonds. The number of hydrogen-bond acceptors (Lipinski definition) is 2. The molecule has 1 unspecified atom stereocenters. The van der Waals surface area contributed by atoms with Crippen molar-refractivity contribution in [3.63, 3.8) is 0 Å². The summed E-state index contributed by atoms with van der Waals surface area (Å²) < 4.78 is 0. The smallest absolute Gasteiger partial charge is 0.00792 e. The molecule has 0 radical (unpaired) electrons. The summed E-state index contributed by atoms with van der Waals surface area (Å²) in [5.41, 5.74) is 0. The van der Waals surface area contributed by atoms with Crippen LogP contribution >= 0.6 is 0 Å². The molecule has 2 heteroatoms. The fraction of sp³-hybridized carbons (Fsp3) is 1.00. The minimum absolute atomic E-state index is 0.803. The maximum absolute atomic E-state index is 3.65. The van der Waals surface area contributed by atoms with Crippen molar-refractivity contribution in [2.45, 2.75) is 63.8 Å². The summed E-state index contributed by atoms with van der Waals surface area (Å²) in [6, 6.07) is 0.803. The summed E-state index contributed by atoms with van der Waals surface area (Å²) in [5.74, 6) is 0.994. The van der Waals surface area contributed by atoms with Crippen LogP contribution in [-0.4, -0.2) is 37.6 Å². The summed E-state index contributed by atoms with van der Waals surface area (Å²) in [6.45, 7) is 3.87. The van der Waals surface area contributed by atoms with Crippen LogP contribution in [0.2, 0.25) is 0 Å². The molecule has 0 aromatic rings. The number of hydrogen-bond donors (Lipinski definition) is 1. The Hall–Kier alpha value is -0.0800. The van der Waals surface area contributed by atoms with Gasteiger partial charge in [-0.3, -0.25) is 0 Å². The fourth-order valence-electron chi connectivity index (χ4n) is 3.45. The van der Waals surface area contributed by atoms with Gasteiger partial charge in [0.15, 0.2) is 0 Å². The second-order valence-corrected chi connectivity index (χ2v) is 6.20. The molecule has 0 spiro atoms. The summed E-state index contributed by atoms with van der Waals surface area (Å²) in [5, 5.41) is 3.65. The summed E-state index contributed by atoms with van der Waals surface area (Å²) in [6.07, 6.45) is 13.0.